The Hall–Kier alpha value is -3.11. The van der Waals surface area contributed by atoms with E-state index in [9.17, 15) is 18.0 Å². The summed E-state index contributed by atoms with van der Waals surface area (Å²) < 4.78 is 36.6. The molecule has 2 aromatic carbocycles. The summed E-state index contributed by atoms with van der Waals surface area (Å²) >= 11 is 0. The van der Waals surface area contributed by atoms with E-state index in [4.69, 9.17) is 9.47 Å². The fourth-order valence-corrected chi connectivity index (χ4v) is 4.65. The van der Waals surface area contributed by atoms with Crippen LogP contribution in [0.1, 0.15) is 12.0 Å². The number of carbonyl (C=O) groups is 2. The molecule has 2 heterocycles. The first-order valence-corrected chi connectivity index (χ1v) is 11.2. The lowest BCUT2D eigenvalue weighted by Crippen LogP contribution is -2.47. The summed E-state index contributed by atoms with van der Waals surface area (Å²) in [5.74, 6) is 0.702. The van der Waals surface area contributed by atoms with E-state index < -0.39 is 21.6 Å². The Balaban J connectivity index is 1.42. The number of fused-ring (bicyclic) bond motifs is 2. The summed E-state index contributed by atoms with van der Waals surface area (Å²) in [6, 6.07) is 12.7. The number of sulfonamides is 1. The Bertz CT molecular complexity index is 1120. The number of imide groups is 1. The van der Waals surface area contributed by atoms with Gasteiger partial charge in [-0.2, -0.15) is 0 Å². The molecule has 4 rings (SSSR count). The Morgan fingerprint density at radius 1 is 1.13 bits per heavy atom. The van der Waals surface area contributed by atoms with Gasteiger partial charge >= 0.3 is 6.03 Å². The molecule has 2 aliphatic heterocycles. The highest BCUT2D eigenvalue weighted by Gasteiger charge is 2.54. The maximum absolute atomic E-state index is 13.2. The summed E-state index contributed by atoms with van der Waals surface area (Å²) in [5, 5.41) is 2.84. The van der Waals surface area contributed by atoms with Gasteiger partial charge in [0, 0.05) is 26.1 Å². The smallest absolute Gasteiger partial charge is 0.325 e. The van der Waals surface area contributed by atoms with Gasteiger partial charge in [0.2, 0.25) is 10.0 Å². The van der Waals surface area contributed by atoms with Crippen molar-refractivity contribution in [2.75, 3.05) is 33.9 Å². The Morgan fingerprint density at radius 3 is 2.55 bits per heavy atom. The standard InChI is InChI=1S/C21H23N3O6S/c1-23(2)31(27,28)16-9-7-15(8-10-16)29-14-12-24-19(25)21(22-20(24)26)11-13-30-18-6-4-3-5-17(18)21/h3-10H,11-14H2,1-2H3,(H,22,26)/t21-/m0/s1. The highest BCUT2D eigenvalue weighted by Crippen LogP contribution is 2.40. The highest BCUT2D eigenvalue weighted by molar-refractivity contribution is 7.89. The van der Waals surface area contributed by atoms with Gasteiger partial charge < -0.3 is 14.8 Å². The Labute approximate surface area is 180 Å². The lowest BCUT2D eigenvalue weighted by Gasteiger charge is -2.33. The summed E-state index contributed by atoms with van der Waals surface area (Å²) in [7, 11) is -0.601. The average molecular weight is 445 g/mol. The zero-order valence-corrected chi connectivity index (χ0v) is 18.0. The average Bonchev–Trinajstić information content (AvgIpc) is 2.99. The van der Waals surface area contributed by atoms with Gasteiger partial charge in [0.15, 0.2) is 5.54 Å². The van der Waals surface area contributed by atoms with Gasteiger partial charge in [-0.05, 0) is 30.3 Å². The predicted octanol–water partition coefficient (Wildman–Crippen LogP) is 1.55. The molecule has 2 aliphatic rings. The molecule has 2 aromatic rings. The van der Waals surface area contributed by atoms with E-state index in [1.165, 1.54) is 26.2 Å². The first kappa shape index (κ1) is 21.1. The van der Waals surface area contributed by atoms with Gasteiger partial charge in [0.1, 0.15) is 18.1 Å². The molecule has 0 unspecified atom stereocenters. The van der Waals surface area contributed by atoms with Crippen molar-refractivity contribution in [2.45, 2.75) is 16.9 Å². The summed E-state index contributed by atoms with van der Waals surface area (Å²) in [4.78, 5) is 27.0. The van der Waals surface area contributed by atoms with Crippen LogP contribution in [0.5, 0.6) is 11.5 Å². The second-order valence-electron chi connectivity index (χ2n) is 7.49. The van der Waals surface area contributed by atoms with Gasteiger partial charge in [-0.3, -0.25) is 9.69 Å². The van der Waals surface area contributed by atoms with Crippen LogP contribution in [0.2, 0.25) is 0 Å². The van der Waals surface area contributed by atoms with Gasteiger partial charge in [0.05, 0.1) is 18.0 Å². The van der Waals surface area contributed by atoms with Crippen molar-refractivity contribution in [1.29, 1.82) is 0 Å². The molecule has 0 bridgehead atoms. The number of carbonyl (C=O) groups excluding carboxylic acids is 2. The molecule has 31 heavy (non-hydrogen) atoms. The molecule has 1 saturated heterocycles. The first-order valence-electron chi connectivity index (χ1n) is 9.77. The van der Waals surface area contributed by atoms with E-state index in [0.29, 0.717) is 30.1 Å². The van der Waals surface area contributed by atoms with E-state index >= 15 is 0 Å². The molecule has 0 saturated carbocycles. The molecule has 1 atom stereocenters. The minimum atomic E-state index is -3.52. The van der Waals surface area contributed by atoms with Crippen molar-refractivity contribution in [2.24, 2.45) is 0 Å². The van der Waals surface area contributed by atoms with E-state index in [-0.39, 0.29) is 24.0 Å². The van der Waals surface area contributed by atoms with E-state index in [2.05, 4.69) is 5.32 Å². The van der Waals surface area contributed by atoms with E-state index in [1.54, 1.807) is 30.3 Å². The number of urea groups is 1. The molecule has 1 N–H and O–H groups in total. The normalized spacial score (nSPS) is 20.5. The third-order valence-electron chi connectivity index (χ3n) is 5.44. The fourth-order valence-electron chi connectivity index (χ4n) is 3.75. The maximum Gasteiger partial charge on any atom is 0.325 e. The molecule has 9 nitrogen and oxygen atoms in total. The highest BCUT2D eigenvalue weighted by atomic mass is 32.2. The minimum absolute atomic E-state index is 0.0627. The minimum Gasteiger partial charge on any atom is -0.493 e. The molecular formula is C21H23N3O6S. The number of rotatable bonds is 6. The third-order valence-corrected chi connectivity index (χ3v) is 7.27. The van der Waals surface area contributed by atoms with E-state index in [1.807, 2.05) is 6.07 Å². The van der Waals surface area contributed by atoms with Crippen molar-refractivity contribution in [1.82, 2.24) is 14.5 Å². The lowest BCUT2D eigenvalue weighted by atomic mass is 9.84. The first-order chi connectivity index (χ1) is 14.8. The van der Waals surface area contributed by atoms with Crippen LogP contribution < -0.4 is 14.8 Å². The molecular weight excluding hydrogens is 422 g/mol. The second-order valence-corrected chi connectivity index (χ2v) is 9.65. The number of hydrogen-bond donors (Lipinski definition) is 1. The Morgan fingerprint density at radius 2 is 1.84 bits per heavy atom. The second kappa shape index (κ2) is 7.86. The molecule has 164 valence electrons. The number of benzene rings is 2. The van der Waals surface area contributed by atoms with Gasteiger partial charge in [-0.1, -0.05) is 18.2 Å². The van der Waals surface area contributed by atoms with Crippen LogP contribution in [0, 0.1) is 0 Å². The fraction of sp³-hybridized carbons (Fsp3) is 0.333. The quantitative estimate of drug-likeness (QED) is 0.677. The Kier molecular flexibility index (Phi) is 5.36. The molecule has 10 heteroatoms. The van der Waals surface area contributed by atoms with E-state index in [0.717, 1.165) is 9.21 Å². The zero-order chi connectivity index (χ0) is 22.2. The van der Waals surface area contributed by atoms with Crippen LogP contribution in [-0.2, 0) is 20.4 Å². The van der Waals surface area contributed by atoms with Crippen LogP contribution in [-0.4, -0.2) is 63.4 Å². The number of para-hydroxylation sites is 1. The van der Waals surface area contributed by atoms with Crippen LogP contribution in [0.25, 0.3) is 0 Å². The number of nitrogens with zero attached hydrogens (tertiary/aromatic N) is 2. The maximum atomic E-state index is 13.2. The van der Waals surface area contributed by atoms with Crippen LogP contribution in [0.4, 0.5) is 4.79 Å². The summed E-state index contributed by atoms with van der Waals surface area (Å²) in [5.41, 5.74) is -0.464. The zero-order valence-electron chi connectivity index (χ0n) is 17.2. The monoisotopic (exact) mass is 445 g/mol. The van der Waals surface area contributed by atoms with Crippen molar-refractivity contribution in [3.63, 3.8) is 0 Å². The van der Waals surface area contributed by atoms with Crippen molar-refractivity contribution >= 4 is 22.0 Å². The summed E-state index contributed by atoms with van der Waals surface area (Å²) in [6.45, 7) is 0.468. The number of amides is 3. The number of ether oxygens (including phenoxy) is 2. The number of nitrogens with one attached hydrogen (secondary N) is 1. The topological polar surface area (TPSA) is 105 Å². The summed E-state index contributed by atoms with van der Waals surface area (Å²) in [6.07, 6.45) is 0.355. The van der Waals surface area contributed by atoms with Gasteiger partial charge in [-0.15, -0.1) is 0 Å². The molecule has 1 spiro atoms. The largest absolute Gasteiger partial charge is 0.493 e. The molecule has 0 aliphatic carbocycles. The molecule has 0 radical (unpaired) electrons. The SMILES string of the molecule is CN(C)S(=O)(=O)c1ccc(OCCN2C(=O)N[C@]3(CCOc4ccccc43)C2=O)cc1. The van der Waals surface area contributed by atoms with Gasteiger partial charge in [0.25, 0.3) is 5.91 Å². The molecule has 0 aromatic heterocycles. The van der Waals surface area contributed by atoms with Crippen molar-refractivity contribution in [3.05, 3.63) is 54.1 Å². The molecule has 3 amide bonds. The third kappa shape index (κ3) is 3.61. The van der Waals surface area contributed by atoms with Crippen LogP contribution >= 0.6 is 0 Å². The van der Waals surface area contributed by atoms with Crippen LogP contribution in [0.3, 0.4) is 0 Å². The van der Waals surface area contributed by atoms with Gasteiger partial charge in [-0.25, -0.2) is 17.5 Å². The van der Waals surface area contributed by atoms with Crippen LogP contribution in [0.15, 0.2) is 53.4 Å². The van der Waals surface area contributed by atoms with Crippen molar-refractivity contribution in [3.8, 4) is 11.5 Å². The lowest BCUT2D eigenvalue weighted by molar-refractivity contribution is -0.132. The number of hydrogen-bond acceptors (Lipinski definition) is 6. The predicted molar refractivity (Wildman–Crippen MR) is 111 cm³/mol. The molecule has 1 fully saturated rings. The van der Waals surface area contributed by atoms with Crippen molar-refractivity contribution < 1.29 is 27.5 Å².